The van der Waals surface area contributed by atoms with Crippen molar-refractivity contribution in [3.63, 3.8) is 0 Å². The van der Waals surface area contributed by atoms with Crippen molar-refractivity contribution in [2.24, 2.45) is 5.92 Å². The first kappa shape index (κ1) is 23.8. The molecule has 3 rings (SSSR count). The first-order valence-corrected chi connectivity index (χ1v) is 10.2. The Morgan fingerprint density at radius 2 is 1.94 bits per heavy atom. The number of nitrogens with one attached hydrogen (secondary N) is 1. The molecule has 32 heavy (non-hydrogen) atoms. The smallest absolute Gasteiger partial charge is 0.355 e. The summed E-state index contributed by atoms with van der Waals surface area (Å²) in [6.07, 6.45) is -2.91. The van der Waals surface area contributed by atoms with Gasteiger partial charge in [0.1, 0.15) is 11.6 Å². The lowest BCUT2D eigenvalue weighted by atomic mass is 9.95. The van der Waals surface area contributed by atoms with E-state index in [1.165, 1.54) is 30.1 Å². The van der Waals surface area contributed by atoms with Crippen LogP contribution in [0, 0.1) is 11.7 Å². The van der Waals surface area contributed by atoms with Crippen LogP contribution in [0.3, 0.4) is 0 Å². The normalized spacial score (nSPS) is 14.9. The van der Waals surface area contributed by atoms with Gasteiger partial charge >= 0.3 is 6.18 Å². The molecule has 2 aromatic rings. The number of hydrogen-bond donors (Lipinski definition) is 1. The van der Waals surface area contributed by atoms with Gasteiger partial charge in [0, 0.05) is 37.9 Å². The van der Waals surface area contributed by atoms with Gasteiger partial charge in [0.05, 0.1) is 17.1 Å². The number of nitrogens with zero attached hydrogens (tertiary/aromatic N) is 3. The van der Waals surface area contributed by atoms with Gasteiger partial charge in [-0.3, -0.25) is 9.59 Å². The van der Waals surface area contributed by atoms with E-state index in [9.17, 15) is 27.2 Å². The van der Waals surface area contributed by atoms with Gasteiger partial charge in [-0.1, -0.05) is 17.7 Å². The summed E-state index contributed by atoms with van der Waals surface area (Å²) in [5, 5.41) is 2.44. The number of halogens is 5. The van der Waals surface area contributed by atoms with Crippen molar-refractivity contribution < 1.29 is 27.2 Å². The number of pyridine rings is 1. The summed E-state index contributed by atoms with van der Waals surface area (Å²) in [5.41, 5.74) is -0.625. The summed E-state index contributed by atoms with van der Waals surface area (Å²) in [5.74, 6) is -1.25. The second-order valence-corrected chi connectivity index (χ2v) is 7.95. The zero-order valence-electron chi connectivity index (χ0n) is 17.1. The molecule has 2 heterocycles. The van der Waals surface area contributed by atoms with Crippen molar-refractivity contribution >= 4 is 34.9 Å². The molecule has 1 fully saturated rings. The molecule has 172 valence electrons. The number of likely N-dealkylation sites (N-methyl/N-ethyl adjacent to an activating group) is 1. The number of rotatable bonds is 5. The Morgan fingerprint density at radius 3 is 2.53 bits per heavy atom. The Morgan fingerprint density at radius 1 is 1.25 bits per heavy atom. The van der Waals surface area contributed by atoms with E-state index in [-0.39, 0.29) is 29.2 Å². The molecule has 0 radical (unpaired) electrons. The molecule has 1 aromatic carbocycles. The highest BCUT2D eigenvalue weighted by Gasteiger charge is 2.33. The molecule has 2 amide bonds. The third-order valence-electron chi connectivity index (χ3n) is 5.16. The molecular weight excluding hydrogens is 452 g/mol. The number of benzene rings is 1. The van der Waals surface area contributed by atoms with Crippen LogP contribution in [0.4, 0.5) is 29.1 Å². The largest absolute Gasteiger partial charge is 0.417 e. The van der Waals surface area contributed by atoms with Gasteiger partial charge in [0.2, 0.25) is 11.8 Å². The Kier molecular flexibility index (Phi) is 7.22. The molecule has 1 aliphatic rings. The molecule has 6 nitrogen and oxygen atoms in total. The minimum absolute atomic E-state index is 0.101. The fourth-order valence-corrected chi connectivity index (χ4v) is 3.81. The average Bonchev–Trinajstić information content (AvgIpc) is 2.72. The highest BCUT2D eigenvalue weighted by Crippen LogP contribution is 2.34. The topological polar surface area (TPSA) is 65.5 Å². The third-order valence-corrected chi connectivity index (χ3v) is 5.44. The van der Waals surface area contributed by atoms with Gasteiger partial charge in [0.25, 0.3) is 0 Å². The standard InChI is InChI=1S/C21H21ClF4N4O2/c1-29(12-18(31)28-16-4-2-3-15(23)10-16)20(32)13-5-7-30(8-6-13)19-17(22)9-14(11-27-19)21(24,25)26/h2-4,9-11,13H,5-8,12H2,1H3,(H,28,31). The van der Waals surface area contributed by atoms with E-state index in [0.717, 1.165) is 12.3 Å². The van der Waals surface area contributed by atoms with Gasteiger partial charge < -0.3 is 15.1 Å². The third kappa shape index (κ3) is 5.87. The van der Waals surface area contributed by atoms with Crippen LogP contribution >= 0.6 is 11.6 Å². The number of amides is 2. The zero-order chi connectivity index (χ0) is 23.5. The van der Waals surface area contributed by atoms with E-state index in [0.29, 0.717) is 31.6 Å². The van der Waals surface area contributed by atoms with Crippen LogP contribution < -0.4 is 10.2 Å². The van der Waals surface area contributed by atoms with Crippen LogP contribution in [0.15, 0.2) is 36.5 Å². The monoisotopic (exact) mass is 472 g/mol. The lowest BCUT2D eigenvalue weighted by Crippen LogP contribution is -2.43. The zero-order valence-corrected chi connectivity index (χ0v) is 17.9. The molecule has 1 N–H and O–H groups in total. The molecule has 0 spiro atoms. The van der Waals surface area contributed by atoms with Crippen LogP contribution in [0.1, 0.15) is 18.4 Å². The summed E-state index contributed by atoms with van der Waals surface area (Å²) in [6.45, 7) is 0.581. The van der Waals surface area contributed by atoms with Crippen LogP contribution in [-0.2, 0) is 15.8 Å². The lowest BCUT2D eigenvalue weighted by Gasteiger charge is -2.34. The fraction of sp³-hybridized carbons (Fsp3) is 0.381. The van der Waals surface area contributed by atoms with E-state index < -0.39 is 23.5 Å². The number of carbonyl (C=O) groups is 2. The molecule has 0 atom stereocenters. The minimum atomic E-state index is -4.53. The Labute approximate surface area is 187 Å². The molecule has 0 saturated carbocycles. The number of hydrogen-bond acceptors (Lipinski definition) is 4. The van der Waals surface area contributed by atoms with Crippen molar-refractivity contribution in [2.45, 2.75) is 19.0 Å². The van der Waals surface area contributed by atoms with Gasteiger partial charge in [0.15, 0.2) is 0 Å². The second-order valence-electron chi connectivity index (χ2n) is 7.54. The molecule has 11 heteroatoms. The minimum Gasteiger partial charge on any atom is -0.355 e. The van der Waals surface area contributed by atoms with E-state index in [1.54, 1.807) is 11.0 Å². The molecule has 1 aromatic heterocycles. The van der Waals surface area contributed by atoms with Crippen molar-refractivity contribution in [1.82, 2.24) is 9.88 Å². The summed E-state index contributed by atoms with van der Waals surface area (Å²) in [6, 6.07) is 6.28. The molecule has 1 aliphatic heterocycles. The molecule has 0 bridgehead atoms. The maximum Gasteiger partial charge on any atom is 0.417 e. The molecule has 0 unspecified atom stereocenters. The van der Waals surface area contributed by atoms with E-state index in [1.807, 2.05) is 0 Å². The number of carbonyl (C=O) groups excluding carboxylic acids is 2. The highest BCUT2D eigenvalue weighted by molar-refractivity contribution is 6.33. The highest BCUT2D eigenvalue weighted by atomic mass is 35.5. The number of piperidine rings is 1. The Hall–Kier alpha value is -2.88. The predicted octanol–water partition coefficient (Wildman–Crippen LogP) is 4.21. The van der Waals surface area contributed by atoms with E-state index >= 15 is 0 Å². The molecule has 0 aliphatic carbocycles. The number of alkyl halides is 3. The van der Waals surface area contributed by atoms with Crippen LogP contribution in [0.5, 0.6) is 0 Å². The quantitative estimate of drug-likeness (QED) is 0.662. The van der Waals surface area contributed by atoms with Gasteiger partial charge in [-0.2, -0.15) is 13.2 Å². The number of aromatic nitrogens is 1. The Bertz CT molecular complexity index is 994. The van der Waals surface area contributed by atoms with Crippen molar-refractivity contribution in [1.29, 1.82) is 0 Å². The fourth-order valence-electron chi connectivity index (χ4n) is 3.53. The van der Waals surface area contributed by atoms with Gasteiger partial charge in [-0.25, -0.2) is 9.37 Å². The van der Waals surface area contributed by atoms with E-state index in [4.69, 9.17) is 11.6 Å². The maximum absolute atomic E-state index is 13.2. The maximum atomic E-state index is 13.2. The summed E-state index contributed by atoms with van der Waals surface area (Å²) in [7, 11) is 1.51. The van der Waals surface area contributed by atoms with Gasteiger partial charge in [-0.05, 0) is 37.1 Å². The van der Waals surface area contributed by atoms with E-state index in [2.05, 4.69) is 10.3 Å². The predicted molar refractivity (Wildman–Crippen MR) is 112 cm³/mol. The first-order valence-electron chi connectivity index (χ1n) is 9.82. The number of anilines is 2. The second kappa shape index (κ2) is 9.72. The lowest BCUT2D eigenvalue weighted by molar-refractivity contribution is -0.138. The molecular formula is C21H21ClF4N4O2. The van der Waals surface area contributed by atoms with Gasteiger partial charge in [-0.15, -0.1) is 0 Å². The van der Waals surface area contributed by atoms with Crippen molar-refractivity contribution in [3.05, 3.63) is 52.9 Å². The summed E-state index contributed by atoms with van der Waals surface area (Å²) in [4.78, 5) is 31.8. The summed E-state index contributed by atoms with van der Waals surface area (Å²) < 4.78 is 51.6. The summed E-state index contributed by atoms with van der Waals surface area (Å²) >= 11 is 6.00. The van der Waals surface area contributed by atoms with Crippen molar-refractivity contribution in [2.75, 3.05) is 36.9 Å². The van der Waals surface area contributed by atoms with Crippen LogP contribution in [0.25, 0.3) is 0 Å². The van der Waals surface area contributed by atoms with Crippen LogP contribution in [0.2, 0.25) is 5.02 Å². The first-order chi connectivity index (χ1) is 15.0. The van der Waals surface area contributed by atoms with Crippen LogP contribution in [-0.4, -0.2) is 48.4 Å². The average molecular weight is 473 g/mol. The Balaban J connectivity index is 1.53. The SMILES string of the molecule is CN(CC(=O)Nc1cccc(F)c1)C(=O)C1CCN(c2ncc(C(F)(F)F)cc2Cl)CC1. The molecule has 1 saturated heterocycles. The van der Waals surface area contributed by atoms with Crippen molar-refractivity contribution in [3.8, 4) is 0 Å².